The molecule has 7 nitrogen and oxygen atoms in total. The van der Waals surface area contributed by atoms with Gasteiger partial charge in [0, 0.05) is 49.3 Å². The highest BCUT2D eigenvalue weighted by molar-refractivity contribution is 5.93. The molecule has 0 spiro atoms. The van der Waals surface area contributed by atoms with Crippen molar-refractivity contribution in [3.05, 3.63) is 72.6 Å². The van der Waals surface area contributed by atoms with Crippen LogP contribution in [0.2, 0.25) is 0 Å². The van der Waals surface area contributed by atoms with Crippen molar-refractivity contribution in [2.75, 3.05) is 19.6 Å². The van der Waals surface area contributed by atoms with Crippen LogP contribution in [0.15, 0.2) is 61.4 Å². The molecule has 3 aromatic heterocycles. The molecular formula is C22H24N6O. The van der Waals surface area contributed by atoms with Gasteiger partial charge in [-0.1, -0.05) is 12.5 Å². The highest BCUT2D eigenvalue weighted by Crippen LogP contribution is 2.23. The second-order valence-electron chi connectivity index (χ2n) is 7.14. The number of amides is 1. The quantitative estimate of drug-likeness (QED) is 0.699. The fourth-order valence-electron chi connectivity index (χ4n) is 3.65. The summed E-state index contributed by atoms with van der Waals surface area (Å²) in [6, 6.07) is 7.81. The van der Waals surface area contributed by atoms with Crippen LogP contribution in [0, 0.1) is 0 Å². The zero-order chi connectivity index (χ0) is 19.9. The maximum Gasteiger partial charge on any atom is 0.254 e. The van der Waals surface area contributed by atoms with Gasteiger partial charge in [-0.15, -0.1) is 0 Å². The maximum atomic E-state index is 12.7. The highest BCUT2D eigenvalue weighted by atomic mass is 16.1. The van der Waals surface area contributed by atoms with Crippen LogP contribution < -0.4 is 5.32 Å². The van der Waals surface area contributed by atoms with Crippen molar-refractivity contribution in [2.24, 2.45) is 0 Å². The molecule has 3 aromatic rings. The fourth-order valence-corrected chi connectivity index (χ4v) is 3.65. The molecule has 0 radical (unpaired) electrons. The average molecular weight is 388 g/mol. The lowest BCUT2D eigenvalue weighted by Crippen LogP contribution is -2.40. The van der Waals surface area contributed by atoms with Gasteiger partial charge in [0.15, 0.2) is 5.82 Å². The minimum absolute atomic E-state index is 0.116. The second kappa shape index (κ2) is 9.34. The summed E-state index contributed by atoms with van der Waals surface area (Å²) in [4.78, 5) is 32.0. The highest BCUT2D eigenvalue weighted by Gasteiger charge is 2.23. The van der Waals surface area contributed by atoms with Crippen molar-refractivity contribution in [3.63, 3.8) is 0 Å². The van der Waals surface area contributed by atoms with Crippen molar-refractivity contribution < 1.29 is 4.79 Å². The molecule has 0 unspecified atom stereocenters. The van der Waals surface area contributed by atoms with E-state index in [0.717, 1.165) is 24.2 Å². The topological polar surface area (TPSA) is 83.9 Å². The van der Waals surface area contributed by atoms with E-state index in [1.54, 1.807) is 31.0 Å². The van der Waals surface area contributed by atoms with E-state index in [0.29, 0.717) is 17.9 Å². The summed E-state index contributed by atoms with van der Waals surface area (Å²) >= 11 is 0. The summed E-state index contributed by atoms with van der Waals surface area (Å²) in [5.41, 5.74) is 2.44. The third kappa shape index (κ3) is 4.81. The van der Waals surface area contributed by atoms with Crippen molar-refractivity contribution in [1.82, 2.24) is 30.2 Å². The van der Waals surface area contributed by atoms with Crippen LogP contribution in [0.5, 0.6) is 0 Å². The van der Waals surface area contributed by atoms with Crippen LogP contribution >= 0.6 is 0 Å². The molecule has 1 N–H and O–H groups in total. The Morgan fingerprint density at radius 3 is 2.41 bits per heavy atom. The molecule has 1 aliphatic heterocycles. The van der Waals surface area contributed by atoms with Crippen molar-refractivity contribution in [3.8, 4) is 11.4 Å². The van der Waals surface area contributed by atoms with Gasteiger partial charge in [0.2, 0.25) is 0 Å². The van der Waals surface area contributed by atoms with Gasteiger partial charge in [-0.2, -0.15) is 0 Å². The molecule has 29 heavy (non-hydrogen) atoms. The van der Waals surface area contributed by atoms with Crippen molar-refractivity contribution in [1.29, 1.82) is 0 Å². The summed E-state index contributed by atoms with van der Waals surface area (Å²) in [6.45, 7) is 2.61. The molecule has 0 aliphatic carbocycles. The number of carbonyl (C=O) groups is 1. The van der Waals surface area contributed by atoms with Crippen LogP contribution in [0.1, 0.15) is 41.2 Å². The first kappa shape index (κ1) is 19.1. The number of nitrogens with zero attached hydrogens (tertiary/aromatic N) is 5. The summed E-state index contributed by atoms with van der Waals surface area (Å²) in [5.74, 6) is 0.405. The van der Waals surface area contributed by atoms with E-state index in [9.17, 15) is 4.79 Å². The van der Waals surface area contributed by atoms with Gasteiger partial charge < -0.3 is 5.32 Å². The largest absolute Gasteiger partial charge is 0.350 e. The van der Waals surface area contributed by atoms with Gasteiger partial charge in [-0.05, 0) is 49.7 Å². The zero-order valence-corrected chi connectivity index (χ0v) is 16.2. The van der Waals surface area contributed by atoms with E-state index in [4.69, 9.17) is 0 Å². The zero-order valence-electron chi connectivity index (χ0n) is 16.2. The lowest BCUT2D eigenvalue weighted by Gasteiger charge is -2.34. The summed E-state index contributed by atoms with van der Waals surface area (Å²) < 4.78 is 0. The smallest absolute Gasteiger partial charge is 0.254 e. The standard InChI is InChI=1S/C22H24N6O/c29-22(19-14-25-21(26-15-19)17-6-9-23-10-7-17)27-16-20(18-5-4-8-24-13-18)28-11-2-1-3-12-28/h4-10,13-15,20H,1-3,11-12,16H2,(H,27,29)/t20-/m0/s1. The Morgan fingerprint density at radius 1 is 0.966 bits per heavy atom. The molecule has 0 bridgehead atoms. The van der Waals surface area contributed by atoms with Gasteiger partial charge >= 0.3 is 0 Å². The summed E-state index contributed by atoms with van der Waals surface area (Å²) in [6.07, 6.45) is 13.8. The Balaban J connectivity index is 1.43. The lowest BCUT2D eigenvalue weighted by molar-refractivity contribution is 0.0923. The number of aromatic nitrogens is 4. The van der Waals surface area contributed by atoms with E-state index in [1.807, 2.05) is 24.4 Å². The summed E-state index contributed by atoms with van der Waals surface area (Å²) in [7, 11) is 0. The normalized spacial score (nSPS) is 15.6. The van der Waals surface area contributed by atoms with Gasteiger partial charge in [0.05, 0.1) is 11.6 Å². The van der Waals surface area contributed by atoms with E-state index in [-0.39, 0.29) is 11.9 Å². The van der Waals surface area contributed by atoms with Gasteiger partial charge in [-0.3, -0.25) is 19.7 Å². The lowest BCUT2D eigenvalue weighted by atomic mass is 10.0. The molecule has 0 aromatic carbocycles. The fraction of sp³-hybridized carbons (Fsp3) is 0.318. The van der Waals surface area contributed by atoms with E-state index in [1.165, 1.54) is 19.3 Å². The average Bonchev–Trinajstić information content (AvgIpc) is 2.81. The first-order valence-electron chi connectivity index (χ1n) is 9.96. The van der Waals surface area contributed by atoms with Crippen molar-refractivity contribution in [2.45, 2.75) is 25.3 Å². The van der Waals surface area contributed by atoms with Crippen LogP contribution in [0.3, 0.4) is 0 Å². The summed E-state index contributed by atoms with van der Waals surface area (Å²) in [5, 5.41) is 3.06. The molecule has 7 heteroatoms. The molecule has 1 aliphatic rings. The number of nitrogens with one attached hydrogen (secondary N) is 1. The minimum Gasteiger partial charge on any atom is -0.350 e. The monoisotopic (exact) mass is 388 g/mol. The predicted molar refractivity (Wildman–Crippen MR) is 110 cm³/mol. The van der Waals surface area contributed by atoms with Crippen molar-refractivity contribution >= 4 is 5.91 Å². The number of hydrogen-bond donors (Lipinski definition) is 1. The Hall–Kier alpha value is -3.19. The molecule has 1 atom stereocenters. The van der Waals surface area contributed by atoms with E-state index in [2.05, 4.69) is 36.2 Å². The van der Waals surface area contributed by atoms with E-state index >= 15 is 0 Å². The van der Waals surface area contributed by atoms with Crippen LogP contribution in [-0.2, 0) is 0 Å². The molecule has 1 fully saturated rings. The Morgan fingerprint density at radius 2 is 1.72 bits per heavy atom. The van der Waals surface area contributed by atoms with Crippen LogP contribution in [0.4, 0.5) is 0 Å². The third-order valence-electron chi connectivity index (χ3n) is 5.21. The first-order valence-corrected chi connectivity index (χ1v) is 9.96. The number of pyridine rings is 2. The molecule has 1 amide bonds. The minimum atomic E-state index is -0.169. The van der Waals surface area contributed by atoms with Gasteiger partial charge in [-0.25, -0.2) is 9.97 Å². The van der Waals surface area contributed by atoms with E-state index < -0.39 is 0 Å². The van der Waals surface area contributed by atoms with Crippen LogP contribution in [0.25, 0.3) is 11.4 Å². The first-order chi connectivity index (χ1) is 14.3. The molecule has 4 heterocycles. The number of likely N-dealkylation sites (tertiary alicyclic amines) is 1. The predicted octanol–water partition coefficient (Wildman–Crippen LogP) is 2.89. The molecule has 4 rings (SSSR count). The van der Waals surface area contributed by atoms with Gasteiger partial charge in [0.1, 0.15) is 0 Å². The molecule has 0 saturated carbocycles. The Labute approximate surface area is 170 Å². The number of carbonyl (C=O) groups excluding carboxylic acids is 1. The molecular weight excluding hydrogens is 364 g/mol. The maximum absolute atomic E-state index is 12.7. The molecule has 148 valence electrons. The number of hydrogen-bond acceptors (Lipinski definition) is 6. The van der Waals surface area contributed by atoms with Gasteiger partial charge in [0.25, 0.3) is 5.91 Å². The third-order valence-corrected chi connectivity index (χ3v) is 5.21. The molecule has 1 saturated heterocycles. The van der Waals surface area contributed by atoms with Crippen LogP contribution in [-0.4, -0.2) is 50.4 Å². The number of piperidine rings is 1. The Kier molecular flexibility index (Phi) is 6.16. The SMILES string of the molecule is O=C(NC[C@@H](c1cccnc1)N1CCCCC1)c1cnc(-c2ccncc2)nc1. The Bertz CT molecular complexity index is 911. The second-order valence-corrected chi connectivity index (χ2v) is 7.14. The number of rotatable bonds is 6.